The van der Waals surface area contributed by atoms with Crippen molar-refractivity contribution in [1.29, 1.82) is 0 Å². The Morgan fingerprint density at radius 1 is 0.708 bits per heavy atom. The Kier molecular flexibility index (Phi) is 5.06. The maximum atomic E-state index is 4.43. The topological polar surface area (TPSA) is 49.8 Å². The molecular weight excluding hydrogens is 296 g/mol. The summed E-state index contributed by atoms with van der Waals surface area (Å²) < 4.78 is 0. The van der Waals surface area contributed by atoms with Crippen LogP contribution in [-0.2, 0) is 12.8 Å². The first-order chi connectivity index (χ1) is 11.8. The van der Waals surface area contributed by atoms with E-state index in [0.717, 1.165) is 24.2 Å². The number of aromatic nitrogens is 2. The SMILES string of the molecule is CCc1cccc(Nc2nccnc2Nc2cccc(CC)c2)c1. The summed E-state index contributed by atoms with van der Waals surface area (Å²) in [7, 11) is 0. The van der Waals surface area contributed by atoms with E-state index >= 15 is 0 Å². The van der Waals surface area contributed by atoms with Crippen LogP contribution in [0.15, 0.2) is 60.9 Å². The van der Waals surface area contributed by atoms with Crippen molar-refractivity contribution in [3.05, 3.63) is 72.1 Å². The predicted molar refractivity (Wildman–Crippen MR) is 100 cm³/mol. The van der Waals surface area contributed by atoms with Crippen LogP contribution in [-0.4, -0.2) is 9.97 Å². The van der Waals surface area contributed by atoms with Gasteiger partial charge in [-0.2, -0.15) is 0 Å². The average molecular weight is 318 g/mol. The first-order valence-electron chi connectivity index (χ1n) is 8.31. The van der Waals surface area contributed by atoms with Gasteiger partial charge in [0.25, 0.3) is 0 Å². The van der Waals surface area contributed by atoms with E-state index < -0.39 is 0 Å². The smallest absolute Gasteiger partial charge is 0.173 e. The third kappa shape index (κ3) is 3.90. The van der Waals surface area contributed by atoms with Gasteiger partial charge in [0.2, 0.25) is 0 Å². The predicted octanol–water partition coefficient (Wildman–Crippen LogP) is 5.09. The minimum Gasteiger partial charge on any atom is -0.337 e. The molecule has 0 saturated carbocycles. The van der Waals surface area contributed by atoms with Crippen LogP contribution >= 0.6 is 0 Å². The average Bonchev–Trinajstić information content (AvgIpc) is 2.64. The van der Waals surface area contributed by atoms with Gasteiger partial charge in [0, 0.05) is 23.8 Å². The second-order valence-electron chi connectivity index (χ2n) is 5.61. The molecular formula is C20H22N4. The molecule has 2 N–H and O–H groups in total. The minimum absolute atomic E-state index is 0.715. The Hall–Kier alpha value is -2.88. The van der Waals surface area contributed by atoms with Crippen molar-refractivity contribution >= 4 is 23.0 Å². The summed E-state index contributed by atoms with van der Waals surface area (Å²) in [6.07, 6.45) is 5.40. The molecule has 0 atom stereocenters. The number of rotatable bonds is 6. The summed E-state index contributed by atoms with van der Waals surface area (Å²) in [5, 5.41) is 6.72. The zero-order chi connectivity index (χ0) is 16.8. The van der Waals surface area contributed by atoms with Crippen LogP contribution in [0.3, 0.4) is 0 Å². The zero-order valence-electron chi connectivity index (χ0n) is 14.1. The van der Waals surface area contributed by atoms with E-state index in [1.165, 1.54) is 11.1 Å². The van der Waals surface area contributed by atoms with E-state index in [1.807, 2.05) is 12.1 Å². The van der Waals surface area contributed by atoms with Crippen molar-refractivity contribution < 1.29 is 0 Å². The van der Waals surface area contributed by atoms with Crippen LogP contribution in [0.2, 0.25) is 0 Å². The van der Waals surface area contributed by atoms with Crippen molar-refractivity contribution in [2.24, 2.45) is 0 Å². The molecule has 0 aliphatic heterocycles. The molecule has 0 fully saturated rings. The molecule has 0 amide bonds. The van der Waals surface area contributed by atoms with Crippen molar-refractivity contribution in [2.75, 3.05) is 10.6 Å². The van der Waals surface area contributed by atoms with E-state index in [0.29, 0.717) is 11.6 Å². The summed E-state index contributed by atoms with van der Waals surface area (Å²) in [6.45, 7) is 4.30. The molecule has 0 radical (unpaired) electrons. The number of nitrogens with zero attached hydrogens (tertiary/aromatic N) is 2. The van der Waals surface area contributed by atoms with E-state index in [1.54, 1.807) is 12.4 Å². The number of benzene rings is 2. The number of hydrogen-bond donors (Lipinski definition) is 2. The second kappa shape index (κ2) is 7.59. The molecule has 4 nitrogen and oxygen atoms in total. The van der Waals surface area contributed by atoms with Gasteiger partial charge in [-0.05, 0) is 48.2 Å². The third-order valence-corrected chi connectivity index (χ3v) is 3.89. The summed E-state index contributed by atoms with van der Waals surface area (Å²) >= 11 is 0. The highest BCUT2D eigenvalue weighted by Gasteiger charge is 2.06. The Morgan fingerprint density at radius 3 is 1.58 bits per heavy atom. The lowest BCUT2D eigenvalue weighted by atomic mass is 10.1. The normalized spacial score (nSPS) is 10.4. The van der Waals surface area contributed by atoms with Gasteiger partial charge >= 0.3 is 0 Å². The molecule has 3 rings (SSSR count). The maximum Gasteiger partial charge on any atom is 0.173 e. The van der Waals surface area contributed by atoms with Crippen LogP contribution in [0.5, 0.6) is 0 Å². The van der Waals surface area contributed by atoms with Crippen molar-refractivity contribution in [3.8, 4) is 0 Å². The fourth-order valence-corrected chi connectivity index (χ4v) is 2.53. The van der Waals surface area contributed by atoms with Gasteiger partial charge in [0.15, 0.2) is 11.6 Å². The highest BCUT2D eigenvalue weighted by atomic mass is 15.1. The molecule has 24 heavy (non-hydrogen) atoms. The minimum atomic E-state index is 0.715. The lowest BCUT2D eigenvalue weighted by molar-refractivity contribution is 1.13. The van der Waals surface area contributed by atoms with Gasteiger partial charge in [-0.1, -0.05) is 38.1 Å². The number of nitrogens with one attached hydrogen (secondary N) is 2. The summed E-state index contributed by atoms with van der Waals surface area (Å²) in [4.78, 5) is 8.86. The van der Waals surface area contributed by atoms with Crippen LogP contribution < -0.4 is 10.6 Å². The first-order valence-corrected chi connectivity index (χ1v) is 8.31. The van der Waals surface area contributed by atoms with Gasteiger partial charge in [-0.3, -0.25) is 0 Å². The molecule has 4 heteroatoms. The van der Waals surface area contributed by atoms with Crippen molar-refractivity contribution in [2.45, 2.75) is 26.7 Å². The molecule has 0 aliphatic rings. The molecule has 0 unspecified atom stereocenters. The van der Waals surface area contributed by atoms with Crippen molar-refractivity contribution in [3.63, 3.8) is 0 Å². The Balaban J connectivity index is 1.84. The molecule has 3 aromatic rings. The van der Waals surface area contributed by atoms with Gasteiger partial charge in [0.05, 0.1) is 0 Å². The van der Waals surface area contributed by atoms with Gasteiger partial charge < -0.3 is 10.6 Å². The highest BCUT2D eigenvalue weighted by molar-refractivity contribution is 5.72. The van der Waals surface area contributed by atoms with E-state index in [9.17, 15) is 0 Å². The lowest BCUT2D eigenvalue weighted by Crippen LogP contribution is -2.02. The molecule has 0 saturated heterocycles. The van der Waals surface area contributed by atoms with E-state index in [2.05, 4.69) is 70.8 Å². The Morgan fingerprint density at radius 2 is 1.17 bits per heavy atom. The molecule has 0 aliphatic carbocycles. The number of hydrogen-bond acceptors (Lipinski definition) is 4. The second-order valence-corrected chi connectivity index (χ2v) is 5.61. The van der Waals surface area contributed by atoms with Crippen molar-refractivity contribution in [1.82, 2.24) is 9.97 Å². The fourth-order valence-electron chi connectivity index (χ4n) is 2.53. The molecule has 0 bridgehead atoms. The summed E-state index contributed by atoms with van der Waals surface area (Å²) in [6, 6.07) is 16.7. The monoisotopic (exact) mass is 318 g/mol. The summed E-state index contributed by atoms with van der Waals surface area (Å²) in [5.74, 6) is 1.43. The fraction of sp³-hybridized carbons (Fsp3) is 0.200. The first kappa shape index (κ1) is 16.0. The van der Waals surface area contributed by atoms with E-state index in [-0.39, 0.29) is 0 Å². The third-order valence-electron chi connectivity index (χ3n) is 3.89. The van der Waals surface area contributed by atoms with Gasteiger partial charge in [0.1, 0.15) is 0 Å². The lowest BCUT2D eigenvalue weighted by Gasteiger charge is -2.13. The van der Waals surface area contributed by atoms with Crippen LogP contribution in [0, 0.1) is 0 Å². The molecule has 2 aromatic carbocycles. The largest absolute Gasteiger partial charge is 0.337 e. The van der Waals surface area contributed by atoms with Gasteiger partial charge in [-0.25, -0.2) is 9.97 Å². The Labute approximate surface area is 143 Å². The quantitative estimate of drug-likeness (QED) is 0.665. The van der Waals surface area contributed by atoms with Crippen LogP contribution in [0.1, 0.15) is 25.0 Å². The van der Waals surface area contributed by atoms with Gasteiger partial charge in [-0.15, -0.1) is 0 Å². The molecule has 1 aromatic heterocycles. The molecule has 122 valence electrons. The molecule has 1 heterocycles. The summed E-state index contributed by atoms with van der Waals surface area (Å²) in [5.41, 5.74) is 4.60. The number of anilines is 4. The maximum absolute atomic E-state index is 4.43. The number of aryl methyl sites for hydroxylation is 2. The zero-order valence-corrected chi connectivity index (χ0v) is 14.1. The van der Waals surface area contributed by atoms with Crippen LogP contribution in [0.25, 0.3) is 0 Å². The molecule has 0 spiro atoms. The van der Waals surface area contributed by atoms with E-state index in [4.69, 9.17) is 0 Å². The highest BCUT2D eigenvalue weighted by Crippen LogP contribution is 2.25. The Bertz CT molecular complexity index is 745. The standard InChI is InChI=1S/C20H22N4/c1-3-15-7-5-9-17(13-15)23-19-20(22-12-11-21-19)24-18-10-6-8-16(4-2)14-18/h5-14H,3-4H2,1-2H3,(H,21,23)(H,22,24). The van der Waals surface area contributed by atoms with Crippen LogP contribution in [0.4, 0.5) is 23.0 Å².